The molecule has 0 spiro atoms. The first-order valence-electron chi connectivity index (χ1n) is 6.19. The average Bonchev–Trinajstić information content (AvgIpc) is 2.86. The molecule has 1 aromatic carbocycles. The van der Waals surface area contributed by atoms with Crippen LogP contribution in [0.5, 0.6) is 5.75 Å². The number of carbonyl (C=O) groups excluding carboxylic acids is 1. The Hall–Kier alpha value is -2.10. The number of benzene rings is 1. The van der Waals surface area contributed by atoms with E-state index in [2.05, 4.69) is 4.98 Å². The van der Waals surface area contributed by atoms with Gasteiger partial charge in [-0.3, -0.25) is 9.36 Å². The van der Waals surface area contributed by atoms with Crippen molar-refractivity contribution in [2.75, 3.05) is 0 Å². The van der Waals surface area contributed by atoms with Crippen LogP contribution >= 0.6 is 0 Å². The van der Waals surface area contributed by atoms with Crippen LogP contribution < -0.4 is 4.74 Å². The Kier molecular flexibility index (Phi) is 3.42. The highest BCUT2D eigenvalue weighted by Gasteiger charge is 2.31. The van der Waals surface area contributed by atoms with Gasteiger partial charge in [0.15, 0.2) is 5.60 Å². The van der Waals surface area contributed by atoms with Crippen LogP contribution in [0.15, 0.2) is 36.9 Å². The summed E-state index contributed by atoms with van der Waals surface area (Å²) in [5.74, 6) is 0.546. The molecule has 0 bridgehead atoms. The van der Waals surface area contributed by atoms with Crippen LogP contribution in [-0.4, -0.2) is 21.1 Å². The van der Waals surface area contributed by atoms with Crippen LogP contribution in [-0.2, 0) is 0 Å². The fourth-order valence-corrected chi connectivity index (χ4v) is 1.81. The quantitative estimate of drug-likeness (QED) is 0.850. The fourth-order valence-electron chi connectivity index (χ4n) is 1.81. The van der Waals surface area contributed by atoms with E-state index in [1.807, 2.05) is 32.0 Å². The maximum Gasteiger partial charge on any atom is 0.275 e. The molecule has 0 unspecified atom stereocenters. The molecule has 19 heavy (non-hydrogen) atoms. The second-order valence-corrected chi connectivity index (χ2v) is 5.13. The minimum Gasteiger partial charge on any atom is -0.478 e. The van der Waals surface area contributed by atoms with Crippen molar-refractivity contribution in [1.29, 1.82) is 0 Å². The van der Waals surface area contributed by atoms with Gasteiger partial charge in [0.25, 0.3) is 5.91 Å². The Balaban J connectivity index is 2.21. The number of aryl methyl sites for hydroxylation is 2. The minimum absolute atomic E-state index is 0.150. The number of carbonyl (C=O) groups is 1. The summed E-state index contributed by atoms with van der Waals surface area (Å²) in [5, 5.41) is 0. The Morgan fingerprint density at radius 3 is 2.58 bits per heavy atom. The first-order chi connectivity index (χ1) is 8.90. The maximum atomic E-state index is 12.3. The molecule has 2 aromatic rings. The first-order valence-corrected chi connectivity index (χ1v) is 6.19. The Bertz CT molecular complexity index is 586. The summed E-state index contributed by atoms with van der Waals surface area (Å²) in [6.07, 6.45) is 4.67. The van der Waals surface area contributed by atoms with Gasteiger partial charge in [-0.15, -0.1) is 0 Å². The highest BCUT2D eigenvalue weighted by molar-refractivity contribution is 5.86. The molecule has 0 radical (unpaired) electrons. The first kappa shape index (κ1) is 13.3. The smallest absolute Gasteiger partial charge is 0.275 e. The minimum atomic E-state index is -0.942. The van der Waals surface area contributed by atoms with E-state index in [9.17, 15) is 4.79 Å². The predicted octanol–water partition coefficient (Wildman–Crippen LogP) is 3.00. The number of ether oxygens (including phenoxy) is 1. The summed E-state index contributed by atoms with van der Waals surface area (Å²) < 4.78 is 7.26. The summed E-state index contributed by atoms with van der Waals surface area (Å²) in [7, 11) is 0. The van der Waals surface area contributed by atoms with Gasteiger partial charge in [0.2, 0.25) is 0 Å². The lowest BCUT2D eigenvalue weighted by molar-refractivity contribution is 0.0487. The molecule has 0 aliphatic carbocycles. The highest BCUT2D eigenvalue weighted by atomic mass is 16.5. The standard InChI is InChI=1S/C15H18N2O2/c1-11-5-6-13(9-12(11)2)19-15(3,4)14(18)17-8-7-16-10-17/h5-10H,1-4H3. The number of hydrogen-bond acceptors (Lipinski definition) is 3. The largest absolute Gasteiger partial charge is 0.478 e. The van der Waals surface area contributed by atoms with E-state index in [0.29, 0.717) is 5.75 Å². The van der Waals surface area contributed by atoms with Crippen molar-refractivity contribution in [3.05, 3.63) is 48.0 Å². The van der Waals surface area contributed by atoms with Gasteiger partial charge in [-0.1, -0.05) is 6.07 Å². The van der Waals surface area contributed by atoms with Crippen molar-refractivity contribution >= 4 is 5.91 Å². The molecule has 100 valence electrons. The van der Waals surface area contributed by atoms with E-state index in [1.54, 1.807) is 26.2 Å². The molecule has 0 amide bonds. The molecule has 1 aromatic heterocycles. The average molecular weight is 258 g/mol. The van der Waals surface area contributed by atoms with Crippen molar-refractivity contribution in [1.82, 2.24) is 9.55 Å². The van der Waals surface area contributed by atoms with Gasteiger partial charge in [0, 0.05) is 12.4 Å². The predicted molar refractivity (Wildman–Crippen MR) is 73.5 cm³/mol. The van der Waals surface area contributed by atoms with E-state index < -0.39 is 5.60 Å². The summed E-state index contributed by atoms with van der Waals surface area (Å²) in [4.78, 5) is 16.2. The molecule has 0 fully saturated rings. The Morgan fingerprint density at radius 1 is 1.26 bits per heavy atom. The van der Waals surface area contributed by atoms with E-state index in [-0.39, 0.29) is 5.91 Å². The van der Waals surface area contributed by atoms with Crippen LogP contribution in [0.25, 0.3) is 0 Å². The lowest BCUT2D eigenvalue weighted by atomic mass is 10.1. The van der Waals surface area contributed by atoms with Crippen LogP contribution in [0, 0.1) is 13.8 Å². The Morgan fingerprint density at radius 2 is 2.00 bits per heavy atom. The van der Waals surface area contributed by atoms with Crippen molar-refractivity contribution in [3.8, 4) is 5.75 Å². The summed E-state index contributed by atoms with van der Waals surface area (Å²) in [5.41, 5.74) is 1.40. The van der Waals surface area contributed by atoms with Gasteiger partial charge in [0.05, 0.1) is 0 Å². The van der Waals surface area contributed by atoms with Crippen molar-refractivity contribution in [2.24, 2.45) is 0 Å². The molecule has 0 aliphatic rings. The van der Waals surface area contributed by atoms with Crippen LogP contribution in [0.4, 0.5) is 0 Å². The molecule has 4 nitrogen and oxygen atoms in total. The second-order valence-electron chi connectivity index (χ2n) is 5.13. The SMILES string of the molecule is Cc1ccc(OC(C)(C)C(=O)n2ccnc2)cc1C. The molecule has 0 N–H and O–H groups in total. The van der Waals surface area contributed by atoms with Crippen molar-refractivity contribution < 1.29 is 9.53 Å². The third kappa shape index (κ3) is 2.84. The summed E-state index contributed by atoms with van der Waals surface area (Å²) in [6.45, 7) is 7.57. The van der Waals surface area contributed by atoms with Crippen molar-refractivity contribution in [2.45, 2.75) is 33.3 Å². The number of aromatic nitrogens is 2. The van der Waals surface area contributed by atoms with Crippen LogP contribution in [0.2, 0.25) is 0 Å². The van der Waals surface area contributed by atoms with E-state index >= 15 is 0 Å². The lowest BCUT2D eigenvalue weighted by Gasteiger charge is -2.25. The molecule has 0 aliphatic heterocycles. The molecular weight excluding hydrogens is 240 g/mol. The molecule has 0 saturated heterocycles. The number of imidazole rings is 1. The van der Waals surface area contributed by atoms with Gasteiger partial charge < -0.3 is 4.74 Å². The van der Waals surface area contributed by atoms with E-state index in [1.165, 1.54) is 16.5 Å². The maximum absolute atomic E-state index is 12.3. The van der Waals surface area contributed by atoms with Crippen molar-refractivity contribution in [3.63, 3.8) is 0 Å². The van der Waals surface area contributed by atoms with Gasteiger partial charge in [-0.2, -0.15) is 0 Å². The number of hydrogen-bond donors (Lipinski definition) is 0. The zero-order valence-electron chi connectivity index (χ0n) is 11.7. The normalized spacial score (nSPS) is 11.4. The molecule has 0 atom stereocenters. The zero-order chi connectivity index (χ0) is 14.0. The monoisotopic (exact) mass is 258 g/mol. The lowest BCUT2D eigenvalue weighted by Crippen LogP contribution is -2.41. The molecule has 2 rings (SSSR count). The molecule has 1 heterocycles. The summed E-state index contributed by atoms with van der Waals surface area (Å²) in [6, 6.07) is 5.81. The third-order valence-electron chi connectivity index (χ3n) is 3.11. The number of rotatable bonds is 3. The molecule has 0 saturated carbocycles. The Labute approximate surface area is 113 Å². The zero-order valence-corrected chi connectivity index (χ0v) is 11.7. The highest BCUT2D eigenvalue weighted by Crippen LogP contribution is 2.22. The summed E-state index contributed by atoms with van der Waals surface area (Å²) >= 11 is 0. The van der Waals surface area contributed by atoms with Crippen LogP contribution in [0.3, 0.4) is 0 Å². The van der Waals surface area contributed by atoms with Crippen LogP contribution in [0.1, 0.15) is 29.8 Å². The third-order valence-corrected chi connectivity index (χ3v) is 3.11. The second kappa shape index (κ2) is 4.88. The van der Waals surface area contributed by atoms with Gasteiger partial charge in [0.1, 0.15) is 12.1 Å². The fraction of sp³-hybridized carbons (Fsp3) is 0.333. The van der Waals surface area contributed by atoms with E-state index in [4.69, 9.17) is 4.74 Å². The van der Waals surface area contributed by atoms with Gasteiger partial charge in [-0.25, -0.2) is 4.98 Å². The number of nitrogens with zero attached hydrogens (tertiary/aromatic N) is 2. The van der Waals surface area contributed by atoms with Gasteiger partial charge >= 0.3 is 0 Å². The topological polar surface area (TPSA) is 44.1 Å². The molecular formula is C15H18N2O2. The van der Waals surface area contributed by atoms with E-state index in [0.717, 1.165) is 5.56 Å². The molecule has 4 heteroatoms. The van der Waals surface area contributed by atoms with Gasteiger partial charge in [-0.05, 0) is 51.0 Å².